The van der Waals surface area contributed by atoms with Crippen molar-refractivity contribution >= 4 is 46.7 Å². The number of likely N-dealkylation sites (tertiary alicyclic amines) is 1. The molecule has 0 saturated carbocycles. The van der Waals surface area contributed by atoms with Crippen molar-refractivity contribution in [1.82, 2.24) is 15.1 Å². The van der Waals surface area contributed by atoms with Crippen molar-refractivity contribution in [2.75, 3.05) is 13.1 Å². The summed E-state index contributed by atoms with van der Waals surface area (Å²) in [5.74, 6) is -3.21. The van der Waals surface area contributed by atoms with Crippen molar-refractivity contribution in [2.45, 2.75) is 75.9 Å². The third-order valence-electron chi connectivity index (χ3n) is 10.3. The van der Waals surface area contributed by atoms with Crippen molar-refractivity contribution in [3.8, 4) is 6.07 Å². The Kier molecular flexibility index (Phi) is 9.78. The second-order valence-electron chi connectivity index (χ2n) is 13.7. The molecular formula is C35H40FN4O6PS. The monoisotopic (exact) mass is 694 g/mol. The summed E-state index contributed by atoms with van der Waals surface area (Å²) in [4.78, 5) is 64.3. The van der Waals surface area contributed by atoms with E-state index in [-0.39, 0.29) is 40.1 Å². The van der Waals surface area contributed by atoms with Gasteiger partial charge in [0.05, 0.1) is 16.9 Å². The van der Waals surface area contributed by atoms with Gasteiger partial charge in [0.2, 0.25) is 17.7 Å². The highest BCUT2D eigenvalue weighted by atomic mass is 32.1. The molecule has 3 saturated heterocycles. The van der Waals surface area contributed by atoms with E-state index in [0.717, 1.165) is 29.7 Å². The van der Waals surface area contributed by atoms with Crippen molar-refractivity contribution in [1.29, 1.82) is 5.26 Å². The lowest BCUT2D eigenvalue weighted by Crippen LogP contribution is -2.57. The SMILES string of the molecule is CC(C)[C@@H]1CC[C@H](NC(=O)c2cc3cc(C(F)P(=O)(O)O)ccc3s2)C(=O)N2[C@H](CC[C@H]2C(=O)N2C[C@H](c3ccccc3)[C@@H](C#N)C2)C1. The molecule has 6 rings (SSSR count). The van der Waals surface area contributed by atoms with Crippen LogP contribution in [0, 0.1) is 29.1 Å². The summed E-state index contributed by atoms with van der Waals surface area (Å²) < 4.78 is 26.4. The van der Waals surface area contributed by atoms with E-state index >= 15 is 0 Å². The molecule has 254 valence electrons. The molecule has 13 heteroatoms. The van der Waals surface area contributed by atoms with E-state index in [1.54, 1.807) is 9.80 Å². The maximum absolute atomic E-state index is 14.4. The number of nitriles is 1. The quantitative estimate of drug-likeness (QED) is 0.268. The van der Waals surface area contributed by atoms with Gasteiger partial charge in [-0.2, -0.15) is 5.26 Å². The standard InChI is InChI=1S/C35H40FN4O6PS/c1-20(2)22-8-11-28(38-33(41)31-16-24-14-23(9-13-30(24)48-31)32(36)47(44,45)46)34(42)40-26(15-22)10-12-29(40)35(43)39-18-25(17-37)27(19-39)21-6-4-3-5-7-21/h3-7,9,13-14,16,20,22,25-29,32H,8,10-12,15,18-19H2,1-2H3,(H,38,41)(H2,44,45,46)/t22-,25+,26-,27-,28+,29+,32?/m1/s1. The first kappa shape index (κ1) is 34.3. The number of carbonyl (C=O) groups excluding carboxylic acids is 3. The highest BCUT2D eigenvalue weighted by molar-refractivity contribution is 7.51. The molecule has 3 aliphatic heterocycles. The molecule has 2 aromatic carbocycles. The number of nitrogens with zero attached hydrogens (tertiary/aromatic N) is 3. The van der Waals surface area contributed by atoms with E-state index in [9.17, 15) is 38.4 Å². The largest absolute Gasteiger partial charge is 0.363 e. The predicted molar refractivity (Wildman–Crippen MR) is 180 cm³/mol. The third kappa shape index (κ3) is 6.79. The van der Waals surface area contributed by atoms with Crippen LogP contribution >= 0.6 is 18.9 Å². The smallest absolute Gasteiger partial charge is 0.340 e. The summed E-state index contributed by atoms with van der Waals surface area (Å²) in [6, 6.07) is 16.1. The van der Waals surface area contributed by atoms with Gasteiger partial charge in [-0.1, -0.05) is 50.2 Å². The zero-order chi connectivity index (χ0) is 34.3. The van der Waals surface area contributed by atoms with Gasteiger partial charge >= 0.3 is 7.60 Å². The van der Waals surface area contributed by atoms with Crippen LogP contribution < -0.4 is 5.32 Å². The molecule has 0 spiro atoms. The van der Waals surface area contributed by atoms with Crippen LogP contribution in [0.1, 0.15) is 78.6 Å². The number of rotatable bonds is 7. The number of amides is 3. The Morgan fingerprint density at radius 1 is 1.06 bits per heavy atom. The van der Waals surface area contributed by atoms with E-state index in [0.29, 0.717) is 54.3 Å². The number of carbonyl (C=O) groups is 3. The van der Waals surface area contributed by atoms with Crippen molar-refractivity contribution in [3.05, 3.63) is 70.6 Å². The average Bonchev–Trinajstić information content (AvgIpc) is 3.80. The molecule has 0 bridgehead atoms. The maximum atomic E-state index is 14.4. The second-order valence-corrected chi connectivity index (χ2v) is 16.4. The lowest BCUT2D eigenvalue weighted by atomic mass is 9.82. The molecule has 3 amide bonds. The van der Waals surface area contributed by atoms with Crippen LogP contribution in [-0.2, 0) is 14.2 Å². The molecule has 3 aliphatic rings. The molecule has 3 aromatic rings. The van der Waals surface area contributed by atoms with E-state index in [1.807, 2.05) is 30.3 Å². The normalized spacial score (nSPS) is 27.0. The number of halogens is 1. The summed E-state index contributed by atoms with van der Waals surface area (Å²) in [7, 11) is -5.00. The first-order valence-electron chi connectivity index (χ1n) is 16.4. The Bertz CT molecular complexity index is 1790. The molecule has 7 atom stereocenters. The minimum Gasteiger partial charge on any atom is -0.340 e. The zero-order valence-electron chi connectivity index (χ0n) is 26.9. The van der Waals surface area contributed by atoms with Crippen LogP contribution in [0.2, 0.25) is 0 Å². The van der Waals surface area contributed by atoms with Gasteiger partial charge in [-0.15, -0.1) is 11.3 Å². The van der Waals surface area contributed by atoms with Crippen LogP contribution in [0.3, 0.4) is 0 Å². The van der Waals surface area contributed by atoms with E-state index in [2.05, 4.69) is 25.2 Å². The number of hydrogen-bond acceptors (Lipinski definition) is 6. The highest BCUT2D eigenvalue weighted by Crippen LogP contribution is 2.53. The summed E-state index contributed by atoms with van der Waals surface area (Å²) in [5.41, 5.74) is 0.831. The first-order chi connectivity index (χ1) is 22.8. The summed E-state index contributed by atoms with van der Waals surface area (Å²) in [6.45, 7) is 5.01. The molecule has 3 fully saturated rings. The number of nitrogens with one attached hydrogen (secondary N) is 1. The van der Waals surface area contributed by atoms with Gasteiger partial charge in [-0.3, -0.25) is 18.9 Å². The fourth-order valence-electron chi connectivity index (χ4n) is 7.69. The van der Waals surface area contributed by atoms with E-state index in [1.165, 1.54) is 24.3 Å². The molecule has 0 radical (unpaired) electrons. The number of hydrogen-bond donors (Lipinski definition) is 3. The molecular weight excluding hydrogens is 654 g/mol. The van der Waals surface area contributed by atoms with E-state index < -0.39 is 31.5 Å². The fraction of sp³-hybridized carbons (Fsp3) is 0.486. The van der Waals surface area contributed by atoms with Crippen molar-refractivity contribution in [3.63, 3.8) is 0 Å². The van der Waals surface area contributed by atoms with Gasteiger partial charge in [0.25, 0.3) is 5.91 Å². The Labute approximate surface area is 283 Å². The molecule has 4 heterocycles. The van der Waals surface area contributed by atoms with Crippen molar-refractivity contribution in [2.24, 2.45) is 17.8 Å². The van der Waals surface area contributed by atoms with E-state index in [4.69, 9.17) is 0 Å². The topological polar surface area (TPSA) is 151 Å². The summed E-state index contributed by atoms with van der Waals surface area (Å²) in [5, 5.41) is 13.3. The number of alkyl halides is 1. The van der Waals surface area contributed by atoms with Crippen LogP contribution in [0.15, 0.2) is 54.6 Å². The van der Waals surface area contributed by atoms with Crippen molar-refractivity contribution < 1.29 is 33.1 Å². The minimum absolute atomic E-state index is 0.109. The number of thiophene rings is 1. The third-order valence-corrected chi connectivity index (χ3v) is 12.4. The van der Waals surface area contributed by atoms with Gasteiger partial charge in [-0.25, -0.2) is 4.39 Å². The molecule has 48 heavy (non-hydrogen) atoms. The van der Waals surface area contributed by atoms with Crippen LogP contribution in [0.5, 0.6) is 0 Å². The lowest BCUT2D eigenvalue weighted by Gasteiger charge is -2.39. The fourth-order valence-corrected chi connectivity index (χ4v) is 9.19. The van der Waals surface area contributed by atoms with Crippen LogP contribution in [0.4, 0.5) is 4.39 Å². The average molecular weight is 695 g/mol. The Balaban J connectivity index is 1.23. The minimum atomic E-state index is -5.00. The van der Waals surface area contributed by atoms with Crippen LogP contribution in [0.25, 0.3) is 10.1 Å². The maximum Gasteiger partial charge on any atom is 0.363 e. The Hall–Kier alpha value is -3.62. The second kappa shape index (κ2) is 13.7. The zero-order valence-corrected chi connectivity index (χ0v) is 28.6. The predicted octanol–water partition coefficient (Wildman–Crippen LogP) is 5.73. The number of benzene rings is 2. The molecule has 0 aliphatic carbocycles. The van der Waals surface area contributed by atoms with Gasteiger partial charge in [-0.05, 0) is 78.7 Å². The van der Waals surface area contributed by atoms with Crippen LogP contribution in [-0.4, -0.2) is 68.5 Å². The Morgan fingerprint density at radius 3 is 2.50 bits per heavy atom. The first-order valence-corrected chi connectivity index (χ1v) is 18.9. The van der Waals surface area contributed by atoms with Gasteiger partial charge < -0.3 is 24.9 Å². The van der Waals surface area contributed by atoms with Gasteiger partial charge in [0, 0.05) is 29.7 Å². The van der Waals surface area contributed by atoms with Gasteiger partial charge in [0.1, 0.15) is 12.1 Å². The highest BCUT2D eigenvalue weighted by Gasteiger charge is 2.48. The lowest BCUT2D eigenvalue weighted by molar-refractivity contribution is -0.147. The molecule has 3 N–H and O–H groups in total. The number of fused-ring (bicyclic) bond motifs is 2. The molecule has 1 unspecified atom stereocenters. The molecule has 1 aromatic heterocycles. The summed E-state index contributed by atoms with van der Waals surface area (Å²) in [6.07, 6.45) is 3.14. The summed E-state index contributed by atoms with van der Waals surface area (Å²) >= 11 is 1.14. The molecule has 10 nitrogen and oxygen atoms in total. The Morgan fingerprint density at radius 2 is 1.81 bits per heavy atom. The van der Waals surface area contributed by atoms with Gasteiger partial charge in [0.15, 0.2) is 0 Å².